The van der Waals surface area contributed by atoms with Gasteiger partial charge < -0.3 is 16.6 Å². The molecule has 1 amide bonds. The SMILES string of the molecule is CC.Cc1ccccc1-c1cccc(CCC(=O)O)c1.NCC(N)=O. The molecule has 0 aliphatic carbocycles. The molecule has 0 aromatic heterocycles. The Kier molecular flexibility index (Phi) is 11.4. The molecule has 0 saturated heterocycles. The van der Waals surface area contributed by atoms with Crippen LogP contribution in [0.25, 0.3) is 11.1 Å². The predicted octanol–water partition coefficient (Wildman–Crippen LogP) is 3.14. The van der Waals surface area contributed by atoms with Crippen molar-refractivity contribution < 1.29 is 14.7 Å². The van der Waals surface area contributed by atoms with E-state index in [-0.39, 0.29) is 13.0 Å². The van der Waals surface area contributed by atoms with E-state index in [1.165, 1.54) is 11.1 Å². The van der Waals surface area contributed by atoms with Gasteiger partial charge in [0.05, 0.1) is 6.54 Å². The third kappa shape index (κ3) is 9.27. The molecule has 0 fully saturated rings. The van der Waals surface area contributed by atoms with Gasteiger partial charge in [0.25, 0.3) is 0 Å². The summed E-state index contributed by atoms with van der Waals surface area (Å²) in [5, 5.41) is 8.71. The summed E-state index contributed by atoms with van der Waals surface area (Å²) in [7, 11) is 0. The van der Waals surface area contributed by atoms with Crippen molar-refractivity contribution in [3.8, 4) is 11.1 Å². The van der Waals surface area contributed by atoms with Gasteiger partial charge in [-0.15, -0.1) is 0 Å². The molecular formula is C20H28N2O3. The summed E-state index contributed by atoms with van der Waals surface area (Å²) < 4.78 is 0. The van der Waals surface area contributed by atoms with Crippen molar-refractivity contribution in [3.05, 3.63) is 59.7 Å². The van der Waals surface area contributed by atoms with E-state index in [1.54, 1.807) is 0 Å². The number of carbonyl (C=O) groups excluding carboxylic acids is 1. The molecule has 5 N–H and O–H groups in total. The van der Waals surface area contributed by atoms with Gasteiger partial charge in [-0.1, -0.05) is 62.4 Å². The van der Waals surface area contributed by atoms with E-state index in [2.05, 4.69) is 36.9 Å². The number of hydrogen-bond acceptors (Lipinski definition) is 3. The van der Waals surface area contributed by atoms with Gasteiger partial charge in [-0.05, 0) is 35.6 Å². The molecule has 0 spiro atoms. The Balaban J connectivity index is 0.000000710. The second kappa shape index (κ2) is 12.7. The molecule has 0 aliphatic rings. The highest BCUT2D eigenvalue weighted by molar-refractivity contribution is 5.75. The zero-order valence-corrected chi connectivity index (χ0v) is 15.2. The molecule has 2 aromatic rings. The summed E-state index contributed by atoms with van der Waals surface area (Å²) in [5.74, 6) is -1.22. The normalized spacial score (nSPS) is 9.12. The summed E-state index contributed by atoms with van der Waals surface area (Å²) in [6, 6.07) is 16.3. The number of carbonyl (C=O) groups is 2. The molecule has 0 heterocycles. The fraction of sp³-hybridized carbons (Fsp3) is 0.300. The lowest BCUT2D eigenvalue weighted by atomic mass is 9.98. The van der Waals surface area contributed by atoms with Gasteiger partial charge >= 0.3 is 5.97 Å². The van der Waals surface area contributed by atoms with Crippen molar-refractivity contribution >= 4 is 11.9 Å². The van der Waals surface area contributed by atoms with E-state index < -0.39 is 11.9 Å². The Hall–Kier alpha value is -2.66. The number of aryl methyl sites for hydroxylation is 2. The van der Waals surface area contributed by atoms with Crippen molar-refractivity contribution in [1.29, 1.82) is 0 Å². The number of amides is 1. The Morgan fingerprint density at radius 2 is 1.64 bits per heavy atom. The quantitative estimate of drug-likeness (QED) is 0.774. The highest BCUT2D eigenvalue weighted by Crippen LogP contribution is 2.24. The zero-order valence-electron chi connectivity index (χ0n) is 15.2. The lowest BCUT2D eigenvalue weighted by molar-refractivity contribution is -0.137. The molecule has 2 aromatic carbocycles. The molecule has 0 aliphatic heterocycles. The number of aliphatic carboxylic acids is 1. The topological polar surface area (TPSA) is 106 Å². The molecular weight excluding hydrogens is 316 g/mol. The van der Waals surface area contributed by atoms with Gasteiger partial charge in [0.2, 0.25) is 5.91 Å². The van der Waals surface area contributed by atoms with Gasteiger partial charge in [-0.25, -0.2) is 0 Å². The van der Waals surface area contributed by atoms with Crippen molar-refractivity contribution in [2.45, 2.75) is 33.6 Å². The lowest BCUT2D eigenvalue weighted by Gasteiger charge is -2.07. The molecule has 5 heteroatoms. The maximum Gasteiger partial charge on any atom is 0.303 e. The predicted molar refractivity (Wildman–Crippen MR) is 102 cm³/mol. The number of carboxylic acid groups (broad SMARTS) is 1. The van der Waals surface area contributed by atoms with Crippen molar-refractivity contribution in [2.24, 2.45) is 11.5 Å². The fourth-order valence-electron chi connectivity index (χ4n) is 2.04. The van der Waals surface area contributed by atoms with E-state index in [4.69, 9.17) is 10.8 Å². The van der Waals surface area contributed by atoms with Gasteiger partial charge in [-0.3, -0.25) is 9.59 Å². The van der Waals surface area contributed by atoms with Crippen molar-refractivity contribution in [3.63, 3.8) is 0 Å². The van der Waals surface area contributed by atoms with E-state index in [1.807, 2.05) is 38.1 Å². The van der Waals surface area contributed by atoms with Crippen LogP contribution in [-0.2, 0) is 16.0 Å². The van der Waals surface area contributed by atoms with Crippen LogP contribution in [0.2, 0.25) is 0 Å². The molecule has 5 nitrogen and oxygen atoms in total. The highest BCUT2D eigenvalue weighted by atomic mass is 16.4. The van der Waals surface area contributed by atoms with Crippen LogP contribution in [0.5, 0.6) is 0 Å². The van der Waals surface area contributed by atoms with Crippen LogP contribution in [0, 0.1) is 6.92 Å². The first-order valence-electron chi connectivity index (χ1n) is 8.29. The number of nitrogens with two attached hydrogens (primary N) is 2. The van der Waals surface area contributed by atoms with Crippen LogP contribution in [0.1, 0.15) is 31.4 Å². The number of primary amides is 1. The summed E-state index contributed by atoms with van der Waals surface area (Å²) in [4.78, 5) is 20.0. The molecule has 0 bridgehead atoms. The first-order valence-corrected chi connectivity index (χ1v) is 8.29. The van der Waals surface area contributed by atoms with Gasteiger partial charge in [0, 0.05) is 6.42 Å². The maximum absolute atomic E-state index is 10.6. The molecule has 25 heavy (non-hydrogen) atoms. The Labute approximate surface area is 149 Å². The summed E-state index contributed by atoms with van der Waals surface area (Å²) >= 11 is 0. The van der Waals surface area contributed by atoms with Crippen LogP contribution < -0.4 is 11.5 Å². The van der Waals surface area contributed by atoms with Gasteiger partial charge in [-0.2, -0.15) is 0 Å². The molecule has 136 valence electrons. The van der Waals surface area contributed by atoms with E-state index in [0.29, 0.717) is 6.42 Å². The van der Waals surface area contributed by atoms with Gasteiger partial charge in [0.15, 0.2) is 0 Å². The molecule has 2 rings (SSSR count). The lowest BCUT2D eigenvalue weighted by Crippen LogP contribution is -2.21. The molecule has 0 radical (unpaired) electrons. The highest BCUT2D eigenvalue weighted by Gasteiger charge is 2.03. The number of hydrogen-bond donors (Lipinski definition) is 3. The summed E-state index contributed by atoms with van der Waals surface area (Å²) in [6.45, 7) is 6.03. The van der Waals surface area contributed by atoms with Crippen LogP contribution >= 0.6 is 0 Å². The first kappa shape index (κ1) is 22.3. The number of benzene rings is 2. The standard InChI is InChI=1S/C16H16O2.C2H6N2O.C2H6/c1-12-5-2-3-8-15(12)14-7-4-6-13(11-14)9-10-16(17)18;3-1-2(4)5;1-2/h2-8,11H,9-10H2,1H3,(H,17,18);1,3H2,(H2,4,5);1-2H3. The largest absolute Gasteiger partial charge is 0.481 e. The minimum absolute atomic E-state index is 0.0556. The second-order valence-corrected chi connectivity index (χ2v) is 5.08. The average molecular weight is 344 g/mol. The van der Waals surface area contributed by atoms with Gasteiger partial charge in [0.1, 0.15) is 0 Å². The number of rotatable bonds is 5. The molecule has 0 saturated carbocycles. The van der Waals surface area contributed by atoms with Crippen LogP contribution in [0.15, 0.2) is 48.5 Å². The van der Waals surface area contributed by atoms with Crippen molar-refractivity contribution in [1.82, 2.24) is 0 Å². The summed E-state index contributed by atoms with van der Waals surface area (Å²) in [6.07, 6.45) is 0.756. The first-order chi connectivity index (χ1) is 11.9. The Morgan fingerprint density at radius 3 is 2.16 bits per heavy atom. The van der Waals surface area contributed by atoms with E-state index >= 15 is 0 Å². The van der Waals surface area contributed by atoms with Crippen LogP contribution in [0.3, 0.4) is 0 Å². The van der Waals surface area contributed by atoms with E-state index in [0.717, 1.165) is 11.1 Å². The zero-order chi connectivity index (χ0) is 19.2. The van der Waals surface area contributed by atoms with Crippen molar-refractivity contribution in [2.75, 3.05) is 6.54 Å². The minimum Gasteiger partial charge on any atom is -0.481 e. The van der Waals surface area contributed by atoms with E-state index in [9.17, 15) is 9.59 Å². The Morgan fingerprint density at radius 1 is 1.04 bits per heavy atom. The van der Waals surface area contributed by atoms with Crippen LogP contribution in [0.4, 0.5) is 0 Å². The summed E-state index contributed by atoms with van der Waals surface area (Å²) in [5.41, 5.74) is 13.9. The Bertz CT molecular complexity index is 669. The fourth-order valence-corrected chi connectivity index (χ4v) is 2.04. The second-order valence-electron chi connectivity index (χ2n) is 5.08. The number of carboxylic acids is 1. The maximum atomic E-state index is 10.6. The third-order valence-electron chi connectivity index (χ3n) is 3.21. The average Bonchev–Trinajstić information content (AvgIpc) is 2.63. The third-order valence-corrected chi connectivity index (χ3v) is 3.21. The molecule has 0 atom stereocenters. The minimum atomic E-state index is -0.753. The smallest absolute Gasteiger partial charge is 0.303 e. The monoisotopic (exact) mass is 344 g/mol. The van der Waals surface area contributed by atoms with Crippen LogP contribution in [-0.4, -0.2) is 23.5 Å². The molecule has 0 unspecified atom stereocenters.